The van der Waals surface area contributed by atoms with Crippen LogP contribution in [0.15, 0.2) is 186 Å². The van der Waals surface area contributed by atoms with Crippen molar-refractivity contribution in [2.24, 2.45) is 0 Å². The topological polar surface area (TPSA) is 45.4 Å². The van der Waals surface area contributed by atoms with Crippen molar-refractivity contribution >= 4 is 33.3 Å². The van der Waals surface area contributed by atoms with Crippen LogP contribution in [-0.2, 0) is 0 Å². The molecule has 1 aromatic heterocycles. The molecule has 1 aliphatic rings. The maximum absolute atomic E-state index is 11.4. The van der Waals surface area contributed by atoms with Gasteiger partial charge in [0.25, 0.3) is 0 Å². The minimum absolute atomic E-state index is 0.236. The number of allylic oxidation sites excluding steroid dienone is 4. The number of anilines is 2. The zero-order chi connectivity index (χ0) is 34.1. The van der Waals surface area contributed by atoms with E-state index in [1.165, 1.54) is 11.1 Å². The largest absolute Gasteiger partial charge is 0.507 e. The number of aromatic hydroxyl groups is 1. The Labute approximate surface area is 297 Å². The highest BCUT2D eigenvalue weighted by Crippen LogP contribution is 2.44. The first-order valence-electron chi connectivity index (χ1n) is 17.4. The molecule has 7 aromatic carbocycles. The van der Waals surface area contributed by atoms with Crippen molar-refractivity contribution in [1.29, 1.82) is 0 Å². The van der Waals surface area contributed by atoms with Gasteiger partial charge >= 0.3 is 0 Å². The quantitative estimate of drug-likeness (QED) is 0.179. The van der Waals surface area contributed by atoms with Gasteiger partial charge in [-0.05, 0) is 76.2 Å². The minimum Gasteiger partial charge on any atom is -0.507 e. The Morgan fingerprint density at radius 3 is 2.12 bits per heavy atom. The SMILES string of the molecule is Oc1cccc(-c2cccc(-c3ccc(C4C=CC=CC4)cc3)c2)c1-c1ccccc1Nc1ccc(-c2cccc3c2oc2ccccc23)cc1. The fourth-order valence-electron chi connectivity index (χ4n) is 7.35. The summed E-state index contributed by atoms with van der Waals surface area (Å²) in [5.74, 6) is 0.662. The number of phenols is 1. The smallest absolute Gasteiger partial charge is 0.143 e. The van der Waals surface area contributed by atoms with Crippen molar-refractivity contribution < 1.29 is 9.52 Å². The molecular formula is C48H35NO2. The van der Waals surface area contributed by atoms with E-state index in [0.717, 1.165) is 78.7 Å². The lowest BCUT2D eigenvalue weighted by molar-refractivity contribution is 0.477. The number of para-hydroxylation sites is 3. The fourth-order valence-corrected chi connectivity index (χ4v) is 7.35. The second-order valence-electron chi connectivity index (χ2n) is 13.1. The summed E-state index contributed by atoms with van der Waals surface area (Å²) >= 11 is 0. The Hall–Kier alpha value is -6.58. The third-order valence-corrected chi connectivity index (χ3v) is 9.94. The molecule has 0 bridgehead atoms. The highest BCUT2D eigenvalue weighted by Gasteiger charge is 2.17. The number of fused-ring (bicyclic) bond motifs is 3. The number of benzene rings is 7. The van der Waals surface area contributed by atoms with Crippen molar-refractivity contribution in [3.63, 3.8) is 0 Å². The van der Waals surface area contributed by atoms with Crippen LogP contribution < -0.4 is 5.32 Å². The second-order valence-corrected chi connectivity index (χ2v) is 13.1. The van der Waals surface area contributed by atoms with Crippen molar-refractivity contribution in [3.8, 4) is 50.3 Å². The average Bonchev–Trinajstić information content (AvgIpc) is 3.58. The van der Waals surface area contributed by atoms with Gasteiger partial charge in [0.2, 0.25) is 0 Å². The van der Waals surface area contributed by atoms with Gasteiger partial charge in [0.15, 0.2) is 0 Å². The maximum Gasteiger partial charge on any atom is 0.143 e. The summed E-state index contributed by atoms with van der Waals surface area (Å²) in [6.45, 7) is 0. The number of rotatable bonds is 7. The van der Waals surface area contributed by atoms with Crippen LogP contribution >= 0.6 is 0 Å². The molecule has 0 spiro atoms. The molecule has 0 amide bonds. The molecule has 0 fully saturated rings. The van der Waals surface area contributed by atoms with Gasteiger partial charge in [0, 0.05) is 44.8 Å². The van der Waals surface area contributed by atoms with Gasteiger partial charge in [0.05, 0.1) is 0 Å². The number of hydrogen-bond acceptors (Lipinski definition) is 3. The lowest BCUT2D eigenvalue weighted by atomic mass is 9.89. The van der Waals surface area contributed by atoms with Crippen LogP contribution in [0.4, 0.5) is 11.4 Å². The average molecular weight is 658 g/mol. The molecule has 1 heterocycles. The predicted octanol–water partition coefficient (Wildman–Crippen LogP) is 13.3. The van der Waals surface area contributed by atoms with Crippen molar-refractivity contribution in [1.82, 2.24) is 0 Å². The second kappa shape index (κ2) is 13.0. The van der Waals surface area contributed by atoms with E-state index in [1.54, 1.807) is 6.07 Å². The summed E-state index contributed by atoms with van der Waals surface area (Å²) in [6, 6.07) is 54.3. The van der Waals surface area contributed by atoms with Crippen LogP contribution in [-0.4, -0.2) is 5.11 Å². The van der Waals surface area contributed by atoms with E-state index in [2.05, 4.69) is 145 Å². The Balaban J connectivity index is 1.02. The van der Waals surface area contributed by atoms with Gasteiger partial charge < -0.3 is 14.8 Å². The molecule has 8 aromatic rings. The van der Waals surface area contributed by atoms with E-state index in [0.29, 0.717) is 5.92 Å². The van der Waals surface area contributed by atoms with Crippen LogP contribution in [0.25, 0.3) is 66.4 Å². The van der Waals surface area contributed by atoms with E-state index in [9.17, 15) is 5.11 Å². The summed E-state index contributed by atoms with van der Waals surface area (Å²) in [6.07, 6.45) is 9.78. The number of furan rings is 1. The van der Waals surface area contributed by atoms with E-state index >= 15 is 0 Å². The fraction of sp³-hybridized carbons (Fsp3) is 0.0417. The van der Waals surface area contributed by atoms with Gasteiger partial charge in [0.1, 0.15) is 16.9 Å². The summed E-state index contributed by atoms with van der Waals surface area (Å²) in [4.78, 5) is 0. The summed E-state index contributed by atoms with van der Waals surface area (Å²) < 4.78 is 6.30. The molecule has 3 nitrogen and oxygen atoms in total. The molecule has 9 rings (SSSR count). The van der Waals surface area contributed by atoms with Gasteiger partial charge in [-0.2, -0.15) is 0 Å². The molecule has 244 valence electrons. The third kappa shape index (κ3) is 5.79. The Kier molecular flexibility index (Phi) is 7.79. The number of phenolic OH excluding ortho intramolecular Hbond substituents is 1. The Bertz CT molecular complexity index is 2590. The molecule has 0 aliphatic heterocycles. The molecule has 0 saturated carbocycles. The lowest BCUT2D eigenvalue weighted by Gasteiger charge is -2.18. The lowest BCUT2D eigenvalue weighted by Crippen LogP contribution is -1.96. The number of hydrogen-bond donors (Lipinski definition) is 2. The van der Waals surface area contributed by atoms with Crippen LogP contribution in [0.5, 0.6) is 5.75 Å². The summed E-state index contributed by atoms with van der Waals surface area (Å²) in [7, 11) is 0. The van der Waals surface area contributed by atoms with Crippen LogP contribution in [0.1, 0.15) is 17.9 Å². The van der Waals surface area contributed by atoms with Gasteiger partial charge in [-0.25, -0.2) is 0 Å². The highest BCUT2D eigenvalue weighted by atomic mass is 16.3. The van der Waals surface area contributed by atoms with Crippen LogP contribution in [0.2, 0.25) is 0 Å². The zero-order valence-electron chi connectivity index (χ0n) is 28.0. The van der Waals surface area contributed by atoms with Crippen LogP contribution in [0.3, 0.4) is 0 Å². The molecule has 1 aliphatic carbocycles. The van der Waals surface area contributed by atoms with Gasteiger partial charge in [-0.15, -0.1) is 0 Å². The van der Waals surface area contributed by atoms with E-state index in [4.69, 9.17) is 4.42 Å². The molecule has 0 saturated heterocycles. The monoisotopic (exact) mass is 657 g/mol. The molecule has 3 heteroatoms. The van der Waals surface area contributed by atoms with Crippen molar-refractivity contribution in [2.75, 3.05) is 5.32 Å². The molecular weight excluding hydrogens is 623 g/mol. The van der Waals surface area contributed by atoms with Crippen molar-refractivity contribution in [3.05, 3.63) is 188 Å². The Morgan fingerprint density at radius 1 is 0.549 bits per heavy atom. The van der Waals surface area contributed by atoms with Gasteiger partial charge in [-0.3, -0.25) is 0 Å². The first kappa shape index (κ1) is 30.5. The van der Waals surface area contributed by atoms with E-state index < -0.39 is 0 Å². The Morgan fingerprint density at radius 2 is 1.25 bits per heavy atom. The maximum atomic E-state index is 11.4. The zero-order valence-corrected chi connectivity index (χ0v) is 28.0. The molecule has 0 radical (unpaired) electrons. The van der Waals surface area contributed by atoms with Crippen molar-refractivity contribution in [2.45, 2.75) is 12.3 Å². The standard InChI is InChI=1S/C48H35NO2/c50-45-21-10-17-39(37-14-8-13-36(31-37)34-25-23-33(24-26-34)32-11-2-1-3-12-32)47(45)43-16-4-6-20-44(43)49-38-29-27-35(28-30-38)40-18-9-19-42-41-15-5-7-22-46(41)51-48(40)42/h1-11,13-32,49-50H,12H2. The normalized spacial score (nSPS) is 13.9. The molecule has 2 N–H and O–H groups in total. The molecule has 1 atom stereocenters. The first-order valence-corrected chi connectivity index (χ1v) is 17.4. The molecule has 51 heavy (non-hydrogen) atoms. The van der Waals surface area contributed by atoms with Gasteiger partial charge in [-0.1, -0.05) is 146 Å². The van der Waals surface area contributed by atoms with E-state index in [1.807, 2.05) is 36.4 Å². The third-order valence-electron chi connectivity index (χ3n) is 9.94. The minimum atomic E-state index is 0.236. The first-order chi connectivity index (χ1) is 25.2. The predicted molar refractivity (Wildman–Crippen MR) is 212 cm³/mol. The number of nitrogens with one attached hydrogen (secondary N) is 1. The summed E-state index contributed by atoms with van der Waals surface area (Å²) in [5.41, 5.74) is 13.1. The molecule has 1 unspecified atom stereocenters. The highest BCUT2D eigenvalue weighted by molar-refractivity contribution is 6.09. The summed E-state index contributed by atoms with van der Waals surface area (Å²) in [5, 5.41) is 17.3. The van der Waals surface area contributed by atoms with Crippen LogP contribution in [0, 0.1) is 0 Å². The van der Waals surface area contributed by atoms with E-state index in [-0.39, 0.29) is 5.75 Å².